The molecule has 0 saturated carbocycles. The number of rotatable bonds is 4. The van der Waals surface area contributed by atoms with Crippen molar-refractivity contribution < 1.29 is 0 Å². The van der Waals surface area contributed by atoms with Gasteiger partial charge in [0.15, 0.2) is 0 Å². The number of hydrogen-bond acceptors (Lipinski definition) is 0. The number of hydrogen-bond donors (Lipinski definition) is 0. The summed E-state index contributed by atoms with van der Waals surface area (Å²) >= 11 is 0. The zero-order valence-corrected chi connectivity index (χ0v) is 53.5. The Hall–Kier alpha value is -10.1. The molecule has 0 heteroatoms. The molecule has 0 aliphatic heterocycles. The van der Waals surface area contributed by atoms with Crippen molar-refractivity contribution in [1.29, 1.82) is 0 Å². The smallest absolute Gasteiger partial charge is 0.00134 e. The lowest BCUT2D eigenvalue weighted by atomic mass is 9.86. The maximum Gasteiger partial charge on any atom is -0.00134 e. The molecule has 12 aromatic carbocycles. The fourth-order valence-electron chi connectivity index (χ4n) is 18.4. The summed E-state index contributed by atoms with van der Waals surface area (Å²) in [6, 6.07) is 76.9. The average molecular weight is 1150 g/mol. The first-order valence-electron chi connectivity index (χ1n) is 32.3. The van der Waals surface area contributed by atoms with Gasteiger partial charge >= 0.3 is 0 Å². The summed E-state index contributed by atoms with van der Waals surface area (Å²) < 4.78 is 0. The van der Waals surface area contributed by atoms with Crippen molar-refractivity contribution in [1.82, 2.24) is 0 Å². The van der Waals surface area contributed by atoms with Gasteiger partial charge in [0, 0.05) is 0 Å². The van der Waals surface area contributed by atoms with Crippen LogP contribution in [0.4, 0.5) is 0 Å². The SMILES string of the molecule is Cc1cc(C)c(C2=c3ccccc3=c3cc4c(cc32)=c2cc3c(cc2C4=C2c4cc5c(cc4=c4cc6c(cc42)=c2ccccc2=C6c2c(C)cc(C)cc2C)C(c2c(C)cc(C)cc2C)=c2ccccc2=5)=c2ccccc2=C3c2c(C)cc(C)cc2C)c(C)c1. The van der Waals surface area contributed by atoms with Crippen molar-refractivity contribution in [2.75, 3.05) is 0 Å². The molecule has 0 atom stereocenters. The van der Waals surface area contributed by atoms with Crippen molar-refractivity contribution in [3.05, 3.63) is 411 Å². The number of fused-ring (bicyclic) bond motifs is 12. The van der Waals surface area contributed by atoms with Crippen molar-refractivity contribution >= 4 is 33.4 Å². The number of benzene rings is 12. The van der Waals surface area contributed by atoms with Gasteiger partial charge in [0.2, 0.25) is 0 Å². The molecule has 0 unspecified atom stereocenters. The molecule has 0 spiro atoms. The summed E-state index contributed by atoms with van der Waals surface area (Å²) in [5.74, 6) is 0. The average Bonchev–Trinajstić information content (AvgIpc) is 1.53. The summed E-state index contributed by atoms with van der Waals surface area (Å²) in [6.07, 6.45) is 0. The minimum atomic E-state index is 1.30. The lowest BCUT2D eigenvalue weighted by Crippen LogP contribution is -2.08. The van der Waals surface area contributed by atoms with Crippen LogP contribution in [0.15, 0.2) is 194 Å². The van der Waals surface area contributed by atoms with Crippen LogP contribution in [0.5, 0.6) is 0 Å². The van der Waals surface area contributed by atoms with E-state index in [0.29, 0.717) is 0 Å². The molecule has 0 saturated heterocycles. The van der Waals surface area contributed by atoms with Crippen molar-refractivity contribution in [2.24, 2.45) is 0 Å². The summed E-state index contributed by atoms with van der Waals surface area (Å²) in [6.45, 7) is 27.4. The minimum Gasteiger partial charge on any atom is -0.0616 e. The van der Waals surface area contributed by atoms with Gasteiger partial charge in [-0.3, -0.25) is 0 Å². The fourth-order valence-corrected chi connectivity index (χ4v) is 18.4. The Labute approximate surface area is 524 Å². The van der Waals surface area contributed by atoms with Crippen molar-refractivity contribution in [3.8, 4) is 0 Å². The van der Waals surface area contributed by atoms with E-state index in [1.54, 1.807) is 0 Å². The number of aryl methyl sites for hydroxylation is 12. The normalized spacial score (nSPS) is 13.6. The van der Waals surface area contributed by atoms with Crippen LogP contribution in [0.3, 0.4) is 0 Å². The van der Waals surface area contributed by atoms with E-state index in [-0.39, 0.29) is 0 Å². The highest BCUT2D eigenvalue weighted by atomic mass is 14.4. The molecule has 0 amide bonds. The van der Waals surface area contributed by atoms with Crippen molar-refractivity contribution in [3.63, 3.8) is 0 Å². The van der Waals surface area contributed by atoms with Crippen LogP contribution in [-0.4, -0.2) is 0 Å². The molecular weight excluding hydrogens is 1080 g/mol. The third-order valence-corrected chi connectivity index (χ3v) is 21.3. The Balaban J connectivity index is 1.04. The summed E-state index contributed by atoms with van der Waals surface area (Å²) in [4.78, 5) is 0. The molecule has 0 heterocycles. The van der Waals surface area contributed by atoms with Gasteiger partial charge < -0.3 is 0 Å². The van der Waals surface area contributed by atoms with E-state index in [1.165, 1.54) is 250 Å². The van der Waals surface area contributed by atoms with E-state index in [2.05, 4.69) is 277 Å². The van der Waals surface area contributed by atoms with Crippen LogP contribution in [-0.2, 0) is 0 Å². The Morgan fingerprint density at radius 1 is 0.144 bits per heavy atom. The monoisotopic (exact) mass is 1150 g/mol. The minimum absolute atomic E-state index is 1.30. The van der Waals surface area contributed by atoms with E-state index in [9.17, 15) is 0 Å². The maximum atomic E-state index is 2.63. The van der Waals surface area contributed by atoms with Crippen LogP contribution in [0, 0.1) is 146 Å². The summed E-state index contributed by atoms with van der Waals surface area (Å²) in [7, 11) is 0. The van der Waals surface area contributed by atoms with Gasteiger partial charge in [0.25, 0.3) is 0 Å². The van der Waals surface area contributed by atoms with Crippen molar-refractivity contribution in [2.45, 2.75) is 83.1 Å². The van der Waals surface area contributed by atoms with Crippen LogP contribution in [0.2, 0.25) is 0 Å². The molecule has 0 N–H and O–H groups in total. The second-order valence-electron chi connectivity index (χ2n) is 27.3. The highest BCUT2D eigenvalue weighted by Crippen LogP contribution is 2.49. The Bertz CT molecular complexity index is 5620. The predicted molar refractivity (Wildman–Crippen MR) is 370 cm³/mol. The largest absolute Gasteiger partial charge is 0.0616 e. The third-order valence-electron chi connectivity index (χ3n) is 21.3. The molecule has 6 aliphatic carbocycles. The fraction of sp³-hybridized carbons (Fsp3) is 0.133. The molecule has 0 fully saturated rings. The predicted octanol–water partition coefficient (Wildman–Crippen LogP) is 17.0. The molecule has 428 valence electrons. The van der Waals surface area contributed by atoms with E-state index in [1.807, 2.05) is 0 Å². The van der Waals surface area contributed by atoms with E-state index in [4.69, 9.17) is 0 Å². The van der Waals surface area contributed by atoms with Gasteiger partial charge in [-0.2, -0.15) is 0 Å². The second-order valence-corrected chi connectivity index (χ2v) is 27.3. The van der Waals surface area contributed by atoms with Crippen LogP contribution in [0.1, 0.15) is 134 Å². The standard InChI is InChI=1S/C90H68/c1-45-29-49(5)81(50(6)30-45)85-61-25-17-13-21-57(61)65-37-77-69(41-73(65)85)70-42-74-66(58-22-14-18-26-62(58)86(74)82-51(7)31-46(2)32-52(82)8)38-78(70)89(77)90-79-39-67-59-23-15-19-27-63(59)87(83-53(9)33-47(3)34-54(83)10)75(67)43-71(79)72-44-76-68(40-80(72)90)60-24-16-20-28-64(60)88(76)84-55(11)35-48(4)36-56(84)12/h13-44H,1-12H3. The molecule has 0 radical (unpaired) electrons. The molecule has 12 aromatic rings. The highest BCUT2D eigenvalue weighted by molar-refractivity contribution is 6.09. The lowest BCUT2D eigenvalue weighted by Gasteiger charge is -2.17. The van der Waals surface area contributed by atoms with Gasteiger partial charge in [0.05, 0.1) is 0 Å². The highest BCUT2D eigenvalue weighted by Gasteiger charge is 2.33. The first-order valence-corrected chi connectivity index (χ1v) is 32.3. The first-order chi connectivity index (χ1) is 43.6. The zero-order chi connectivity index (χ0) is 61.2. The molecule has 18 rings (SSSR count). The molecule has 0 aromatic heterocycles. The van der Waals surface area contributed by atoms with E-state index < -0.39 is 0 Å². The molecule has 6 aliphatic rings. The Kier molecular flexibility index (Phi) is 11.0. The van der Waals surface area contributed by atoms with Gasteiger partial charge in [-0.15, -0.1) is 0 Å². The van der Waals surface area contributed by atoms with Gasteiger partial charge in [0.1, 0.15) is 0 Å². The molecular formula is C90H68. The second kappa shape index (κ2) is 18.7. The molecule has 0 bridgehead atoms. The van der Waals surface area contributed by atoms with E-state index in [0.717, 1.165) is 0 Å². The van der Waals surface area contributed by atoms with Gasteiger partial charge in [-0.1, -0.05) is 168 Å². The van der Waals surface area contributed by atoms with Crippen LogP contribution >= 0.6 is 0 Å². The van der Waals surface area contributed by atoms with Gasteiger partial charge in [-0.05, 0) is 360 Å². The maximum absolute atomic E-state index is 2.63. The molecule has 90 heavy (non-hydrogen) atoms. The third kappa shape index (κ3) is 7.14. The van der Waals surface area contributed by atoms with E-state index >= 15 is 0 Å². The topological polar surface area (TPSA) is 0 Å². The zero-order valence-electron chi connectivity index (χ0n) is 53.5. The van der Waals surface area contributed by atoms with Gasteiger partial charge in [-0.25, -0.2) is 0 Å². The lowest BCUT2D eigenvalue weighted by molar-refractivity contribution is 1.28. The summed E-state index contributed by atoms with van der Waals surface area (Å²) in [5, 5.41) is 20.8. The van der Waals surface area contributed by atoms with Crippen LogP contribution < -0.4 is 20.9 Å². The Morgan fingerprint density at radius 3 is 0.467 bits per heavy atom. The summed E-state index contributed by atoms with van der Waals surface area (Å²) in [5.41, 5.74) is 39.5. The Morgan fingerprint density at radius 2 is 0.289 bits per heavy atom. The quantitative estimate of drug-likeness (QED) is 0.165. The van der Waals surface area contributed by atoms with Crippen LogP contribution in [0.25, 0.3) is 33.4 Å². The molecule has 0 nitrogen and oxygen atoms in total. The first kappa shape index (κ1) is 52.9.